The van der Waals surface area contributed by atoms with Crippen molar-refractivity contribution in [3.8, 4) is 5.75 Å². The van der Waals surface area contributed by atoms with Crippen molar-refractivity contribution in [2.75, 3.05) is 30.9 Å². The number of hydrogen-bond donors (Lipinski definition) is 1. The number of pyridine rings is 1. The molecule has 0 saturated carbocycles. The second-order valence-corrected chi connectivity index (χ2v) is 5.56. The molecule has 0 aliphatic heterocycles. The summed E-state index contributed by atoms with van der Waals surface area (Å²) in [5.74, 6) is 0.782. The van der Waals surface area contributed by atoms with Crippen molar-refractivity contribution in [1.29, 1.82) is 0 Å². The number of ether oxygens (including phenoxy) is 1. The van der Waals surface area contributed by atoms with Crippen LogP contribution in [-0.4, -0.2) is 31.6 Å². The first-order valence-electron chi connectivity index (χ1n) is 7.62. The molecule has 0 fully saturated rings. The van der Waals surface area contributed by atoms with Crippen LogP contribution in [0.2, 0.25) is 0 Å². The van der Waals surface area contributed by atoms with Crippen molar-refractivity contribution in [2.45, 2.75) is 0 Å². The lowest BCUT2D eigenvalue weighted by atomic mass is 10.2. The van der Waals surface area contributed by atoms with Crippen molar-refractivity contribution in [3.05, 3.63) is 59.1 Å². The minimum Gasteiger partial charge on any atom is -0.484 e. The molecule has 0 aliphatic rings. The molecule has 3 rings (SSSR count). The van der Waals surface area contributed by atoms with Crippen LogP contribution in [0.25, 0.3) is 11.0 Å². The van der Waals surface area contributed by atoms with E-state index in [1.165, 1.54) is 6.07 Å². The summed E-state index contributed by atoms with van der Waals surface area (Å²) in [5, 5.41) is 3.55. The minimum absolute atomic E-state index is 0.176. The highest BCUT2D eigenvalue weighted by atomic mass is 16.5. The van der Waals surface area contributed by atoms with Crippen LogP contribution in [0.15, 0.2) is 57.9 Å². The number of anilines is 2. The van der Waals surface area contributed by atoms with E-state index < -0.39 is 5.63 Å². The first-order chi connectivity index (χ1) is 12.0. The third kappa shape index (κ3) is 3.95. The Bertz CT molecular complexity index is 966. The normalized spacial score (nSPS) is 10.5. The van der Waals surface area contributed by atoms with Gasteiger partial charge in [-0.3, -0.25) is 4.79 Å². The molecule has 1 aromatic carbocycles. The van der Waals surface area contributed by atoms with Crippen LogP contribution >= 0.6 is 0 Å². The zero-order valence-electron chi connectivity index (χ0n) is 13.9. The number of carbonyl (C=O) groups excluding carboxylic acids is 1. The van der Waals surface area contributed by atoms with Crippen molar-refractivity contribution >= 4 is 28.4 Å². The molecule has 0 aliphatic carbocycles. The monoisotopic (exact) mass is 339 g/mol. The summed E-state index contributed by atoms with van der Waals surface area (Å²) in [7, 11) is 3.69. The third-order valence-corrected chi connectivity index (χ3v) is 3.45. The van der Waals surface area contributed by atoms with E-state index in [0.717, 1.165) is 5.39 Å². The molecule has 0 spiro atoms. The smallest absolute Gasteiger partial charge is 0.336 e. The van der Waals surface area contributed by atoms with Crippen LogP contribution in [0.4, 0.5) is 11.5 Å². The lowest BCUT2D eigenvalue weighted by molar-refractivity contribution is -0.118. The quantitative estimate of drug-likeness (QED) is 0.718. The van der Waals surface area contributed by atoms with E-state index in [1.54, 1.807) is 42.6 Å². The Kier molecular flexibility index (Phi) is 4.65. The van der Waals surface area contributed by atoms with Gasteiger partial charge in [-0.25, -0.2) is 9.78 Å². The molecule has 0 unspecified atom stereocenters. The zero-order chi connectivity index (χ0) is 17.8. The van der Waals surface area contributed by atoms with Gasteiger partial charge in [0.15, 0.2) is 12.4 Å². The van der Waals surface area contributed by atoms with Crippen LogP contribution in [0.3, 0.4) is 0 Å². The molecule has 1 N–H and O–H groups in total. The minimum atomic E-state index is -0.435. The van der Waals surface area contributed by atoms with Crippen LogP contribution < -0.4 is 20.6 Å². The van der Waals surface area contributed by atoms with E-state index in [4.69, 9.17) is 9.15 Å². The van der Waals surface area contributed by atoms with Crippen LogP contribution in [0.5, 0.6) is 5.75 Å². The fraction of sp³-hybridized carbons (Fsp3) is 0.167. The second-order valence-electron chi connectivity index (χ2n) is 5.56. The number of amides is 1. The topological polar surface area (TPSA) is 84.7 Å². The fourth-order valence-electron chi connectivity index (χ4n) is 2.32. The highest BCUT2D eigenvalue weighted by molar-refractivity contribution is 5.94. The highest BCUT2D eigenvalue weighted by Gasteiger charge is 2.10. The van der Waals surface area contributed by atoms with Gasteiger partial charge in [-0.15, -0.1) is 0 Å². The SMILES string of the molecule is CN(C)c1ncccc1NC(=O)COc1ccc2ccc(=O)oc2c1. The van der Waals surface area contributed by atoms with E-state index in [0.29, 0.717) is 22.8 Å². The standard InChI is InChI=1S/C18H17N3O4/c1-21(2)18-14(4-3-9-19-18)20-16(22)11-24-13-7-5-12-6-8-17(23)25-15(12)10-13/h3-10H,11H2,1-2H3,(H,20,22). The summed E-state index contributed by atoms with van der Waals surface area (Å²) >= 11 is 0. The summed E-state index contributed by atoms with van der Waals surface area (Å²) in [5.41, 5.74) is 0.577. The predicted octanol–water partition coefficient (Wildman–Crippen LogP) is 2.27. The molecule has 7 nitrogen and oxygen atoms in total. The van der Waals surface area contributed by atoms with Gasteiger partial charge in [0, 0.05) is 37.8 Å². The predicted molar refractivity (Wildman–Crippen MR) is 95.2 cm³/mol. The van der Waals surface area contributed by atoms with E-state index in [-0.39, 0.29) is 12.5 Å². The molecule has 1 amide bonds. The summed E-state index contributed by atoms with van der Waals surface area (Å²) in [6, 6.07) is 11.6. The lowest BCUT2D eigenvalue weighted by Crippen LogP contribution is -2.22. The highest BCUT2D eigenvalue weighted by Crippen LogP contribution is 2.21. The molecular formula is C18H17N3O4. The van der Waals surface area contributed by atoms with E-state index in [9.17, 15) is 9.59 Å². The van der Waals surface area contributed by atoms with Crippen LogP contribution in [0, 0.1) is 0 Å². The van der Waals surface area contributed by atoms with Gasteiger partial charge in [0.25, 0.3) is 5.91 Å². The van der Waals surface area contributed by atoms with Crippen molar-refractivity contribution in [3.63, 3.8) is 0 Å². The maximum atomic E-state index is 12.1. The Morgan fingerprint density at radius 3 is 2.84 bits per heavy atom. The van der Waals surface area contributed by atoms with E-state index in [1.807, 2.05) is 19.0 Å². The number of aromatic nitrogens is 1. The molecule has 128 valence electrons. The zero-order valence-corrected chi connectivity index (χ0v) is 13.9. The summed E-state index contributed by atoms with van der Waals surface area (Å²) in [4.78, 5) is 29.4. The van der Waals surface area contributed by atoms with Gasteiger partial charge >= 0.3 is 5.63 Å². The number of hydrogen-bond acceptors (Lipinski definition) is 6. The number of carbonyl (C=O) groups is 1. The average molecular weight is 339 g/mol. The van der Waals surface area contributed by atoms with Crippen LogP contribution in [0.1, 0.15) is 0 Å². The molecule has 3 aromatic rings. The molecule has 25 heavy (non-hydrogen) atoms. The lowest BCUT2D eigenvalue weighted by Gasteiger charge is -2.16. The van der Waals surface area contributed by atoms with Crippen molar-refractivity contribution in [1.82, 2.24) is 4.98 Å². The number of rotatable bonds is 5. The van der Waals surface area contributed by atoms with Gasteiger partial charge in [-0.2, -0.15) is 0 Å². The summed E-state index contributed by atoms with van der Waals surface area (Å²) in [6.07, 6.45) is 1.66. The van der Waals surface area contributed by atoms with Gasteiger partial charge in [-0.05, 0) is 30.3 Å². The molecular weight excluding hydrogens is 322 g/mol. The summed E-state index contributed by atoms with van der Waals surface area (Å²) in [6.45, 7) is -0.176. The Labute approximate surface area is 143 Å². The van der Waals surface area contributed by atoms with Crippen LogP contribution in [-0.2, 0) is 4.79 Å². The van der Waals surface area contributed by atoms with Gasteiger partial charge in [-0.1, -0.05) is 0 Å². The second kappa shape index (κ2) is 7.04. The Morgan fingerprint density at radius 2 is 2.04 bits per heavy atom. The number of nitrogens with one attached hydrogen (secondary N) is 1. The molecule has 0 atom stereocenters. The van der Waals surface area contributed by atoms with Gasteiger partial charge < -0.3 is 19.4 Å². The molecule has 2 aromatic heterocycles. The number of benzene rings is 1. The summed E-state index contributed by atoms with van der Waals surface area (Å²) < 4.78 is 10.6. The Hall–Kier alpha value is -3.35. The molecule has 0 saturated heterocycles. The van der Waals surface area contributed by atoms with Crippen molar-refractivity contribution < 1.29 is 13.9 Å². The van der Waals surface area contributed by atoms with Gasteiger partial charge in [0.05, 0.1) is 5.69 Å². The Morgan fingerprint density at radius 1 is 1.24 bits per heavy atom. The molecule has 7 heteroatoms. The average Bonchev–Trinajstić information content (AvgIpc) is 2.60. The molecule has 2 heterocycles. The fourth-order valence-corrected chi connectivity index (χ4v) is 2.32. The van der Waals surface area contributed by atoms with Crippen molar-refractivity contribution in [2.24, 2.45) is 0 Å². The first kappa shape index (κ1) is 16.5. The van der Waals surface area contributed by atoms with E-state index >= 15 is 0 Å². The van der Waals surface area contributed by atoms with Gasteiger partial charge in [0.2, 0.25) is 0 Å². The third-order valence-electron chi connectivity index (χ3n) is 3.45. The number of fused-ring (bicyclic) bond motifs is 1. The molecule has 0 radical (unpaired) electrons. The van der Waals surface area contributed by atoms with Gasteiger partial charge in [0.1, 0.15) is 11.3 Å². The maximum absolute atomic E-state index is 12.1. The number of nitrogens with zero attached hydrogens (tertiary/aromatic N) is 2. The first-order valence-corrected chi connectivity index (χ1v) is 7.62. The Balaban J connectivity index is 1.67. The maximum Gasteiger partial charge on any atom is 0.336 e. The van der Waals surface area contributed by atoms with E-state index in [2.05, 4.69) is 10.3 Å². The molecule has 0 bridgehead atoms. The largest absolute Gasteiger partial charge is 0.484 e.